The second-order valence-corrected chi connectivity index (χ2v) is 9.01. The summed E-state index contributed by atoms with van der Waals surface area (Å²) >= 11 is 0. The smallest absolute Gasteiger partial charge is 0.331 e. The van der Waals surface area contributed by atoms with Crippen molar-refractivity contribution < 1.29 is 9.53 Å². The predicted molar refractivity (Wildman–Crippen MR) is 123 cm³/mol. The zero-order chi connectivity index (χ0) is 21.1. The molecule has 0 spiro atoms. The van der Waals surface area contributed by atoms with Crippen LogP contribution in [0.3, 0.4) is 0 Å². The molecule has 0 radical (unpaired) electrons. The first-order valence-corrected chi connectivity index (χ1v) is 12.0. The zero-order valence-corrected chi connectivity index (χ0v) is 19.5. The van der Waals surface area contributed by atoms with Crippen LogP contribution in [0, 0.1) is 0 Å². The van der Waals surface area contributed by atoms with Gasteiger partial charge in [-0.2, -0.15) is 0 Å². The van der Waals surface area contributed by atoms with Gasteiger partial charge < -0.3 is 4.74 Å². The lowest BCUT2D eigenvalue weighted by Gasteiger charge is -2.30. The largest absolute Gasteiger partial charge is 0.444 e. The molecule has 0 aromatic carbocycles. The lowest BCUT2D eigenvalue weighted by molar-refractivity contribution is -0.144. The van der Waals surface area contributed by atoms with E-state index in [0.29, 0.717) is 0 Å². The van der Waals surface area contributed by atoms with Crippen LogP contribution in [0.15, 0.2) is 12.7 Å². The summed E-state index contributed by atoms with van der Waals surface area (Å²) in [6.45, 7) is 11.9. The second kappa shape index (κ2) is 18.2. The topological polar surface area (TPSA) is 38.3 Å². The Kier molecular flexibility index (Phi) is 17.7. The van der Waals surface area contributed by atoms with Crippen LogP contribution in [-0.2, 0) is 9.53 Å². The molecular formula is C25H49NO2. The van der Waals surface area contributed by atoms with Gasteiger partial charge in [-0.1, -0.05) is 110 Å². The van der Waals surface area contributed by atoms with E-state index in [-0.39, 0.29) is 17.7 Å². The van der Waals surface area contributed by atoms with Gasteiger partial charge in [0.05, 0.1) is 0 Å². The third kappa shape index (κ3) is 18.5. The minimum Gasteiger partial charge on any atom is -0.444 e. The second-order valence-electron chi connectivity index (χ2n) is 9.01. The van der Waals surface area contributed by atoms with Gasteiger partial charge in [-0.3, -0.25) is 5.32 Å². The van der Waals surface area contributed by atoms with Crippen LogP contribution in [0.4, 0.5) is 0 Å². The Hall–Kier alpha value is -0.830. The standard InChI is InChI=1S/C25H49NO2/c1-6-8-9-10-11-12-13-14-15-16-17-18-19-20-21-22-25(4,5)26-23(3)28-24(27)7-2/h7,23,26H,2,6,8-22H2,1,3-5H3. The monoisotopic (exact) mass is 395 g/mol. The minimum atomic E-state index is -0.372. The van der Waals surface area contributed by atoms with E-state index in [2.05, 4.69) is 32.7 Å². The molecule has 3 nitrogen and oxygen atoms in total. The summed E-state index contributed by atoms with van der Waals surface area (Å²) in [6.07, 6.45) is 22.9. The quantitative estimate of drug-likeness (QED) is 0.0993. The van der Waals surface area contributed by atoms with E-state index < -0.39 is 0 Å². The van der Waals surface area contributed by atoms with E-state index in [4.69, 9.17) is 4.74 Å². The zero-order valence-electron chi connectivity index (χ0n) is 19.5. The van der Waals surface area contributed by atoms with Crippen molar-refractivity contribution in [3.63, 3.8) is 0 Å². The van der Waals surface area contributed by atoms with E-state index in [0.717, 1.165) is 6.42 Å². The lowest BCUT2D eigenvalue weighted by atomic mass is 9.95. The number of carbonyl (C=O) groups excluding carboxylic acids is 1. The molecule has 1 unspecified atom stereocenters. The van der Waals surface area contributed by atoms with E-state index in [9.17, 15) is 4.79 Å². The summed E-state index contributed by atoms with van der Waals surface area (Å²) in [6, 6.07) is 0. The molecule has 0 heterocycles. The molecule has 0 aromatic heterocycles. The van der Waals surface area contributed by atoms with Crippen LogP contribution >= 0.6 is 0 Å². The molecule has 0 fully saturated rings. The van der Waals surface area contributed by atoms with Crippen LogP contribution in [0.5, 0.6) is 0 Å². The van der Waals surface area contributed by atoms with Crippen LogP contribution in [0.1, 0.15) is 130 Å². The molecule has 1 atom stereocenters. The molecule has 0 aliphatic rings. The predicted octanol–water partition coefficient (Wildman–Crippen LogP) is 7.69. The fourth-order valence-electron chi connectivity index (χ4n) is 3.81. The molecule has 0 saturated carbocycles. The van der Waals surface area contributed by atoms with Gasteiger partial charge in [0.2, 0.25) is 0 Å². The van der Waals surface area contributed by atoms with Crippen molar-refractivity contribution in [1.29, 1.82) is 0 Å². The normalized spacial score (nSPS) is 12.7. The van der Waals surface area contributed by atoms with Crippen molar-refractivity contribution in [2.75, 3.05) is 0 Å². The van der Waals surface area contributed by atoms with E-state index in [1.165, 1.54) is 102 Å². The lowest BCUT2D eigenvalue weighted by Crippen LogP contribution is -2.46. The molecular weight excluding hydrogens is 346 g/mol. The molecule has 0 aliphatic carbocycles. The minimum absolute atomic E-state index is 0.0165. The van der Waals surface area contributed by atoms with Crippen molar-refractivity contribution in [1.82, 2.24) is 5.32 Å². The molecule has 3 heteroatoms. The highest BCUT2D eigenvalue weighted by Crippen LogP contribution is 2.17. The van der Waals surface area contributed by atoms with Gasteiger partial charge in [-0.15, -0.1) is 0 Å². The fraction of sp³-hybridized carbons (Fsp3) is 0.880. The number of rotatable bonds is 20. The Bertz CT molecular complexity index is 379. The van der Waals surface area contributed by atoms with Gasteiger partial charge in [0.25, 0.3) is 0 Å². The molecule has 0 amide bonds. The van der Waals surface area contributed by atoms with E-state index in [1.54, 1.807) is 0 Å². The maximum absolute atomic E-state index is 11.2. The van der Waals surface area contributed by atoms with Crippen molar-refractivity contribution in [2.45, 2.75) is 142 Å². The maximum Gasteiger partial charge on any atom is 0.331 e. The van der Waals surface area contributed by atoms with Gasteiger partial charge in [0.1, 0.15) is 0 Å². The Morgan fingerprint density at radius 2 is 1.25 bits per heavy atom. The first kappa shape index (κ1) is 27.2. The molecule has 0 saturated heterocycles. The highest BCUT2D eigenvalue weighted by atomic mass is 16.6. The van der Waals surface area contributed by atoms with Gasteiger partial charge in [-0.25, -0.2) is 4.79 Å². The molecule has 28 heavy (non-hydrogen) atoms. The number of nitrogens with one attached hydrogen (secondary N) is 1. The third-order valence-electron chi connectivity index (χ3n) is 5.46. The van der Waals surface area contributed by atoms with Crippen LogP contribution in [0.2, 0.25) is 0 Å². The number of ether oxygens (including phenoxy) is 1. The summed E-state index contributed by atoms with van der Waals surface area (Å²) in [5.74, 6) is -0.372. The summed E-state index contributed by atoms with van der Waals surface area (Å²) < 4.78 is 5.20. The van der Waals surface area contributed by atoms with Crippen LogP contribution in [0.25, 0.3) is 0 Å². The highest BCUT2D eigenvalue weighted by molar-refractivity contribution is 5.81. The van der Waals surface area contributed by atoms with E-state index >= 15 is 0 Å². The van der Waals surface area contributed by atoms with Gasteiger partial charge in [0, 0.05) is 11.6 Å². The van der Waals surface area contributed by atoms with Gasteiger partial charge in [0.15, 0.2) is 6.23 Å². The number of carbonyl (C=O) groups is 1. The van der Waals surface area contributed by atoms with Gasteiger partial charge in [-0.05, 0) is 27.2 Å². The van der Waals surface area contributed by atoms with Crippen molar-refractivity contribution in [3.05, 3.63) is 12.7 Å². The van der Waals surface area contributed by atoms with Gasteiger partial charge >= 0.3 is 5.97 Å². The van der Waals surface area contributed by atoms with Crippen molar-refractivity contribution in [2.24, 2.45) is 0 Å². The summed E-state index contributed by atoms with van der Waals surface area (Å²) in [4.78, 5) is 11.2. The molecule has 0 rings (SSSR count). The van der Waals surface area contributed by atoms with Crippen molar-refractivity contribution >= 4 is 5.97 Å². The molecule has 0 aliphatic heterocycles. The summed E-state index contributed by atoms with van der Waals surface area (Å²) in [7, 11) is 0. The summed E-state index contributed by atoms with van der Waals surface area (Å²) in [5.41, 5.74) is -0.0165. The molecule has 166 valence electrons. The fourth-order valence-corrected chi connectivity index (χ4v) is 3.81. The van der Waals surface area contributed by atoms with Crippen LogP contribution in [-0.4, -0.2) is 17.7 Å². The summed E-state index contributed by atoms with van der Waals surface area (Å²) in [5, 5.41) is 3.38. The Balaban J connectivity index is 3.42. The average Bonchev–Trinajstić information content (AvgIpc) is 2.64. The highest BCUT2D eigenvalue weighted by Gasteiger charge is 2.20. The number of hydrogen-bond donors (Lipinski definition) is 1. The molecule has 1 N–H and O–H groups in total. The SMILES string of the molecule is C=CC(=O)OC(C)NC(C)(C)CCCCCCCCCCCCCCCCC. The third-order valence-corrected chi connectivity index (χ3v) is 5.46. The van der Waals surface area contributed by atoms with E-state index in [1.807, 2.05) is 6.92 Å². The maximum atomic E-state index is 11.2. The Morgan fingerprint density at radius 3 is 1.64 bits per heavy atom. The Morgan fingerprint density at radius 1 is 0.857 bits per heavy atom. The number of esters is 1. The first-order chi connectivity index (χ1) is 13.4. The Labute approximate surface area is 176 Å². The van der Waals surface area contributed by atoms with Crippen LogP contribution < -0.4 is 5.32 Å². The molecule has 0 aromatic rings. The van der Waals surface area contributed by atoms with Crippen molar-refractivity contribution in [3.8, 4) is 0 Å². The molecule has 0 bridgehead atoms. The number of hydrogen-bond acceptors (Lipinski definition) is 3. The first-order valence-electron chi connectivity index (χ1n) is 12.0. The average molecular weight is 396 g/mol. The number of unbranched alkanes of at least 4 members (excludes halogenated alkanes) is 14.